The molecule has 0 fully saturated rings. The Labute approximate surface area is 131 Å². The Bertz CT molecular complexity index is 631. The van der Waals surface area contributed by atoms with Gasteiger partial charge in [-0.1, -0.05) is 60.7 Å². The summed E-state index contributed by atoms with van der Waals surface area (Å²) in [5, 5.41) is 9.31. The van der Waals surface area contributed by atoms with E-state index in [1.54, 1.807) is 0 Å². The molecule has 0 aliphatic heterocycles. The van der Waals surface area contributed by atoms with Crippen LogP contribution in [-0.4, -0.2) is 5.97 Å². The first-order valence-electron chi connectivity index (χ1n) is 5.86. The summed E-state index contributed by atoms with van der Waals surface area (Å²) in [5.41, 5.74) is 2.18. The van der Waals surface area contributed by atoms with Crippen LogP contribution in [0, 0.1) is 11.3 Å². The molecule has 2 rings (SSSR count). The van der Waals surface area contributed by atoms with Gasteiger partial charge in [0.05, 0.1) is 0 Å². The summed E-state index contributed by atoms with van der Waals surface area (Å²) in [5.74, 6) is -0.643. The minimum absolute atomic E-state index is 0.00296. The lowest BCUT2D eigenvalue weighted by Gasteiger charge is -2.10. The topological polar surface area (TPSA) is 50.1 Å². The van der Waals surface area contributed by atoms with Crippen molar-refractivity contribution in [2.45, 2.75) is 0 Å². The van der Waals surface area contributed by atoms with E-state index in [2.05, 4.69) is 3.07 Å². The molecule has 0 N–H and O–H groups in total. The van der Waals surface area contributed by atoms with Gasteiger partial charge in [-0.25, -0.2) is 4.79 Å². The molecule has 0 radical (unpaired) electrons. The van der Waals surface area contributed by atoms with E-state index < -0.39 is 5.97 Å². The fraction of sp³-hybridized carbons (Fsp3) is 0. The van der Waals surface area contributed by atoms with Gasteiger partial charge in [0.2, 0.25) is 0 Å². The van der Waals surface area contributed by atoms with E-state index in [-0.39, 0.29) is 5.57 Å². The number of hydrogen-bond acceptors (Lipinski definition) is 3. The van der Waals surface area contributed by atoms with Crippen molar-refractivity contribution < 1.29 is 7.86 Å². The van der Waals surface area contributed by atoms with E-state index in [9.17, 15) is 10.1 Å². The molecule has 20 heavy (non-hydrogen) atoms. The van der Waals surface area contributed by atoms with Crippen LogP contribution in [0.4, 0.5) is 0 Å². The van der Waals surface area contributed by atoms with Gasteiger partial charge in [-0.2, -0.15) is 5.26 Å². The maximum absolute atomic E-state index is 11.8. The van der Waals surface area contributed by atoms with E-state index in [4.69, 9.17) is 0 Å². The number of carbonyl (C=O) groups is 1. The third-order valence-corrected chi connectivity index (χ3v) is 3.16. The standard InChI is InChI=1S/C16H10INO2/c17-20-16(19)14(11-18)15(12-7-3-1-4-8-12)13-9-5-2-6-10-13/h1-10H. The average molecular weight is 375 g/mol. The summed E-state index contributed by atoms with van der Waals surface area (Å²) >= 11 is 1.49. The van der Waals surface area contributed by atoms with Crippen LogP contribution >= 0.6 is 23.0 Å². The van der Waals surface area contributed by atoms with Gasteiger partial charge in [0.15, 0.2) is 23.0 Å². The molecule has 0 unspecified atom stereocenters. The van der Waals surface area contributed by atoms with Gasteiger partial charge >= 0.3 is 5.97 Å². The van der Waals surface area contributed by atoms with Crippen molar-refractivity contribution in [3.05, 3.63) is 77.4 Å². The second-order valence-corrected chi connectivity index (χ2v) is 4.40. The maximum Gasteiger partial charge on any atom is 0.358 e. The fourth-order valence-electron chi connectivity index (χ4n) is 1.91. The van der Waals surface area contributed by atoms with Crippen molar-refractivity contribution in [1.82, 2.24) is 0 Å². The first-order chi connectivity index (χ1) is 9.77. The van der Waals surface area contributed by atoms with E-state index in [0.717, 1.165) is 11.1 Å². The van der Waals surface area contributed by atoms with Crippen molar-refractivity contribution in [2.24, 2.45) is 0 Å². The molecule has 0 spiro atoms. The zero-order valence-corrected chi connectivity index (χ0v) is 12.6. The van der Waals surface area contributed by atoms with Gasteiger partial charge in [0.1, 0.15) is 11.6 Å². The third kappa shape index (κ3) is 3.06. The van der Waals surface area contributed by atoms with E-state index in [1.165, 1.54) is 23.0 Å². The maximum atomic E-state index is 11.8. The number of carbonyl (C=O) groups excluding carboxylic acids is 1. The monoisotopic (exact) mass is 375 g/mol. The highest BCUT2D eigenvalue weighted by Crippen LogP contribution is 2.27. The molecule has 0 aromatic heterocycles. The highest BCUT2D eigenvalue weighted by Gasteiger charge is 2.19. The average Bonchev–Trinajstić information content (AvgIpc) is 2.53. The van der Waals surface area contributed by atoms with Crippen LogP contribution in [0.2, 0.25) is 0 Å². The van der Waals surface area contributed by atoms with Crippen LogP contribution in [0.15, 0.2) is 66.2 Å². The van der Waals surface area contributed by atoms with E-state index in [1.807, 2.05) is 66.7 Å². The molecule has 0 aliphatic carbocycles. The largest absolute Gasteiger partial charge is 0.390 e. The van der Waals surface area contributed by atoms with E-state index in [0.29, 0.717) is 5.57 Å². The summed E-state index contributed by atoms with van der Waals surface area (Å²) in [7, 11) is 0. The van der Waals surface area contributed by atoms with Gasteiger partial charge in [0.25, 0.3) is 0 Å². The smallest absolute Gasteiger partial charge is 0.358 e. The summed E-state index contributed by atoms with van der Waals surface area (Å²) in [6.07, 6.45) is 0. The van der Waals surface area contributed by atoms with Gasteiger partial charge in [0, 0.05) is 5.57 Å². The number of nitrogens with zero attached hydrogens (tertiary/aromatic N) is 1. The molecular formula is C16H10INO2. The number of halogens is 1. The number of rotatable bonds is 3. The molecule has 0 bridgehead atoms. The second kappa shape index (κ2) is 6.87. The van der Waals surface area contributed by atoms with Crippen LogP contribution < -0.4 is 0 Å². The molecule has 0 aliphatic rings. The van der Waals surface area contributed by atoms with Crippen LogP contribution in [0.3, 0.4) is 0 Å². The first kappa shape index (κ1) is 14.3. The first-order valence-corrected chi connectivity index (χ1v) is 6.74. The Balaban J connectivity index is 2.71. The third-order valence-electron chi connectivity index (χ3n) is 2.76. The highest BCUT2D eigenvalue weighted by molar-refractivity contribution is 14.1. The summed E-state index contributed by atoms with van der Waals surface area (Å²) in [6, 6.07) is 20.6. The quantitative estimate of drug-likeness (QED) is 0.465. The molecule has 0 heterocycles. The Morgan fingerprint density at radius 3 is 1.75 bits per heavy atom. The molecule has 2 aromatic rings. The number of nitriles is 1. The van der Waals surface area contributed by atoms with Crippen molar-refractivity contribution in [3.63, 3.8) is 0 Å². The molecule has 4 heteroatoms. The van der Waals surface area contributed by atoms with Crippen LogP contribution in [-0.2, 0) is 7.86 Å². The minimum atomic E-state index is -0.643. The summed E-state index contributed by atoms with van der Waals surface area (Å²) < 4.78 is 4.68. The van der Waals surface area contributed by atoms with E-state index >= 15 is 0 Å². The fourth-order valence-corrected chi connectivity index (χ4v) is 2.13. The molecule has 0 amide bonds. The second-order valence-electron chi connectivity index (χ2n) is 3.96. The predicted octanol–water partition coefficient (Wildman–Crippen LogP) is 3.91. The van der Waals surface area contributed by atoms with Crippen LogP contribution in [0.1, 0.15) is 11.1 Å². The lowest BCUT2D eigenvalue weighted by atomic mass is 9.93. The Morgan fingerprint density at radius 1 is 0.950 bits per heavy atom. The molecule has 0 atom stereocenters. The van der Waals surface area contributed by atoms with Gasteiger partial charge in [-0.05, 0) is 11.1 Å². The SMILES string of the molecule is N#CC(C(=O)OI)=C(c1ccccc1)c1ccccc1. The Hall–Kier alpha value is -2.13. The van der Waals surface area contributed by atoms with Gasteiger partial charge in [-0.15, -0.1) is 0 Å². The predicted molar refractivity (Wildman–Crippen MR) is 84.6 cm³/mol. The normalized spacial score (nSPS) is 9.40. The molecule has 0 saturated carbocycles. The highest BCUT2D eigenvalue weighted by atomic mass is 127. The van der Waals surface area contributed by atoms with Gasteiger partial charge < -0.3 is 3.07 Å². The molecule has 2 aromatic carbocycles. The summed E-state index contributed by atoms with van der Waals surface area (Å²) in [6.45, 7) is 0. The minimum Gasteiger partial charge on any atom is -0.390 e. The zero-order chi connectivity index (χ0) is 14.4. The Morgan fingerprint density at radius 2 is 1.40 bits per heavy atom. The van der Waals surface area contributed by atoms with Crippen LogP contribution in [0.5, 0.6) is 0 Å². The van der Waals surface area contributed by atoms with Crippen molar-refractivity contribution >= 4 is 34.5 Å². The van der Waals surface area contributed by atoms with Crippen molar-refractivity contribution in [2.75, 3.05) is 0 Å². The molecule has 3 nitrogen and oxygen atoms in total. The van der Waals surface area contributed by atoms with Crippen molar-refractivity contribution in [3.8, 4) is 6.07 Å². The lowest BCUT2D eigenvalue weighted by molar-refractivity contribution is -0.126. The van der Waals surface area contributed by atoms with Crippen molar-refractivity contribution in [1.29, 1.82) is 5.26 Å². The number of benzene rings is 2. The molecule has 98 valence electrons. The van der Waals surface area contributed by atoms with Gasteiger partial charge in [-0.3, -0.25) is 0 Å². The lowest BCUT2D eigenvalue weighted by Crippen LogP contribution is -2.04. The summed E-state index contributed by atoms with van der Waals surface area (Å²) in [4.78, 5) is 11.8. The zero-order valence-electron chi connectivity index (χ0n) is 10.4. The number of hydrogen-bond donors (Lipinski definition) is 0. The molecule has 0 saturated heterocycles. The molecular weight excluding hydrogens is 365 g/mol. The van der Waals surface area contributed by atoms with Crippen LogP contribution in [0.25, 0.3) is 5.57 Å². The Kier molecular flexibility index (Phi) is 4.91.